The van der Waals surface area contributed by atoms with Crippen LogP contribution in [0.2, 0.25) is 0 Å². The first kappa shape index (κ1) is 11.9. The van der Waals surface area contributed by atoms with Crippen LogP contribution in [0.5, 0.6) is 0 Å². The summed E-state index contributed by atoms with van der Waals surface area (Å²) in [5, 5.41) is 17.9. The number of aliphatic hydroxyl groups excluding tert-OH is 2. The maximum absolute atomic E-state index is 8.93. The second-order valence-electron chi connectivity index (χ2n) is 3.49. The van der Waals surface area contributed by atoms with Gasteiger partial charge < -0.3 is 14.9 Å². The van der Waals surface area contributed by atoms with Gasteiger partial charge in [0.05, 0.1) is 13.2 Å². The molecule has 0 saturated carbocycles. The standard InChI is InChI=1S/C9H20O3/c1-3-5-12-6-4-9(2,7-10)8-11/h10-11H,3-8H2,1-2H3. The van der Waals surface area contributed by atoms with Crippen LogP contribution in [0.25, 0.3) is 0 Å². The molecule has 2 N–H and O–H groups in total. The van der Waals surface area contributed by atoms with Crippen molar-refractivity contribution in [2.45, 2.75) is 26.7 Å². The Hall–Kier alpha value is -0.120. The first-order valence-electron chi connectivity index (χ1n) is 4.48. The summed E-state index contributed by atoms with van der Waals surface area (Å²) in [4.78, 5) is 0. The van der Waals surface area contributed by atoms with Gasteiger partial charge in [0.15, 0.2) is 0 Å². The maximum Gasteiger partial charge on any atom is 0.0507 e. The van der Waals surface area contributed by atoms with Crippen LogP contribution in [0.15, 0.2) is 0 Å². The molecular formula is C9H20O3. The summed E-state index contributed by atoms with van der Waals surface area (Å²) in [5.74, 6) is 0. The van der Waals surface area contributed by atoms with Gasteiger partial charge in [-0.15, -0.1) is 0 Å². The molecule has 12 heavy (non-hydrogen) atoms. The van der Waals surface area contributed by atoms with E-state index in [4.69, 9.17) is 14.9 Å². The number of rotatable bonds is 7. The normalized spacial score (nSPS) is 12.0. The highest BCUT2D eigenvalue weighted by molar-refractivity contribution is 4.71. The summed E-state index contributed by atoms with van der Waals surface area (Å²) >= 11 is 0. The molecule has 0 bridgehead atoms. The average molecular weight is 176 g/mol. The second-order valence-corrected chi connectivity index (χ2v) is 3.49. The van der Waals surface area contributed by atoms with Gasteiger partial charge in [-0.3, -0.25) is 0 Å². The fourth-order valence-corrected chi connectivity index (χ4v) is 0.773. The fourth-order valence-electron chi connectivity index (χ4n) is 0.773. The van der Waals surface area contributed by atoms with E-state index in [1.54, 1.807) is 0 Å². The molecule has 0 aliphatic carbocycles. The molecule has 0 unspecified atom stereocenters. The van der Waals surface area contributed by atoms with Gasteiger partial charge in [-0.2, -0.15) is 0 Å². The molecule has 3 nitrogen and oxygen atoms in total. The van der Waals surface area contributed by atoms with Crippen molar-refractivity contribution >= 4 is 0 Å². The van der Waals surface area contributed by atoms with Gasteiger partial charge in [0.1, 0.15) is 0 Å². The van der Waals surface area contributed by atoms with Crippen molar-refractivity contribution in [3.8, 4) is 0 Å². The minimum Gasteiger partial charge on any atom is -0.396 e. The number of ether oxygens (including phenoxy) is 1. The van der Waals surface area contributed by atoms with Crippen LogP contribution in [-0.2, 0) is 4.74 Å². The van der Waals surface area contributed by atoms with E-state index in [0.717, 1.165) is 13.0 Å². The molecule has 0 aliphatic heterocycles. The van der Waals surface area contributed by atoms with Crippen molar-refractivity contribution in [2.24, 2.45) is 5.41 Å². The van der Waals surface area contributed by atoms with Crippen LogP contribution in [0, 0.1) is 5.41 Å². The molecule has 0 aromatic heterocycles. The van der Waals surface area contributed by atoms with Crippen molar-refractivity contribution in [1.29, 1.82) is 0 Å². The molecule has 0 aliphatic rings. The maximum atomic E-state index is 8.93. The molecule has 0 heterocycles. The van der Waals surface area contributed by atoms with Crippen molar-refractivity contribution in [3.63, 3.8) is 0 Å². The zero-order valence-corrected chi connectivity index (χ0v) is 8.05. The van der Waals surface area contributed by atoms with E-state index < -0.39 is 0 Å². The summed E-state index contributed by atoms with van der Waals surface area (Å²) in [6, 6.07) is 0. The van der Waals surface area contributed by atoms with Crippen molar-refractivity contribution in [3.05, 3.63) is 0 Å². The molecule has 3 heteroatoms. The Balaban J connectivity index is 3.45. The van der Waals surface area contributed by atoms with Gasteiger partial charge in [-0.25, -0.2) is 0 Å². The highest BCUT2D eigenvalue weighted by Crippen LogP contribution is 2.18. The molecule has 0 saturated heterocycles. The van der Waals surface area contributed by atoms with E-state index in [1.807, 2.05) is 6.92 Å². The largest absolute Gasteiger partial charge is 0.396 e. The Morgan fingerprint density at radius 3 is 2.17 bits per heavy atom. The Kier molecular flexibility index (Phi) is 6.34. The molecule has 0 aromatic carbocycles. The number of aliphatic hydroxyl groups is 2. The van der Waals surface area contributed by atoms with Crippen LogP contribution in [0.1, 0.15) is 26.7 Å². The summed E-state index contributed by atoms with van der Waals surface area (Å²) in [5.41, 5.74) is -0.381. The SMILES string of the molecule is CCCOCCC(C)(CO)CO. The lowest BCUT2D eigenvalue weighted by Crippen LogP contribution is -2.27. The Labute approximate surface area is 74.4 Å². The van der Waals surface area contributed by atoms with E-state index >= 15 is 0 Å². The van der Waals surface area contributed by atoms with E-state index in [1.165, 1.54) is 0 Å². The highest BCUT2D eigenvalue weighted by atomic mass is 16.5. The zero-order valence-electron chi connectivity index (χ0n) is 8.05. The third-order valence-electron chi connectivity index (χ3n) is 1.96. The van der Waals surface area contributed by atoms with Crippen LogP contribution in [0.3, 0.4) is 0 Å². The van der Waals surface area contributed by atoms with Crippen LogP contribution < -0.4 is 0 Å². The Morgan fingerprint density at radius 1 is 1.17 bits per heavy atom. The Morgan fingerprint density at radius 2 is 1.75 bits per heavy atom. The molecule has 0 radical (unpaired) electrons. The highest BCUT2D eigenvalue weighted by Gasteiger charge is 2.21. The lowest BCUT2D eigenvalue weighted by Gasteiger charge is -2.23. The van der Waals surface area contributed by atoms with Gasteiger partial charge in [-0.05, 0) is 12.8 Å². The van der Waals surface area contributed by atoms with Crippen LogP contribution in [-0.4, -0.2) is 36.6 Å². The monoisotopic (exact) mass is 176 g/mol. The van der Waals surface area contributed by atoms with E-state index in [2.05, 4.69) is 6.92 Å². The third kappa shape index (κ3) is 4.70. The van der Waals surface area contributed by atoms with E-state index in [9.17, 15) is 0 Å². The predicted octanol–water partition coefficient (Wildman–Crippen LogP) is 0.794. The summed E-state index contributed by atoms with van der Waals surface area (Å²) in [6.07, 6.45) is 1.72. The third-order valence-corrected chi connectivity index (χ3v) is 1.96. The van der Waals surface area contributed by atoms with Gasteiger partial charge >= 0.3 is 0 Å². The molecule has 0 amide bonds. The fraction of sp³-hybridized carbons (Fsp3) is 1.00. The molecule has 74 valence electrons. The smallest absolute Gasteiger partial charge is 0.0507 e. The minimum atomic E-state index is -0.381. The summed E-state index contributed by atoms with van der Waals surface area (Å²) < 4.78 is 5.26. The lowest BCUT2D eigenvalue weighted by molar-refractivity contribution is 0.0282. The van der Waals surface area contributed by atoms with Gasteiger partial charge in [-0.1, -0.05) is 13.8 Å². The second kappa shape index (κ2) is 6.40. The predicted molar refractivity (Wildman–Crippen MR) is 48.0 cm³/mol. The lowest BCUT2D eigenvalue weighted by atomic mass is 9.89. The molecule has 0 fully saturated rings. The zero-order chi connectivity index (χ0) is 9.45. The molecular weight excluding hydrogens is 156 g/mol. The number of hydrogen-bond donors (Lipinski definition) is 2. The topological polar surface area (TPSA) is 49.7 Å². The molecule has 0 spiro atoms. The molecule has 0 rings (SSSR count). The van der Waals surface area contributed by atoms with Crippen molar-refractivity contribution in [2.75, 3.05) is 26.4 Å². The molecule has 0 aromatic rings. The first-order valence-corrected chi connectivity index (χ1v) is 4.48. The van der Waals surface area contributed by atoms with E-state index in [-0.39, 0.29) is 18.6 Å². The van der Waals surface area contributed by atoms with Crippen molar-refractivity contribution in [1.82, 2.24) is 0 Å². The van der Waals surface area contributed by atoms with Crippen LogP contribution in [0.4, 0.5) is 0 Å². The number of hydrogen-bond acceptors (Lipinski definition) is 3. The Bertz CT molecular complexity index is 99.9. The summed E-state index contributed by atoms with van der Waals surface area (Å²) in [7, 11) is 0. The van der Waals surface area contributed by atoms with Gasteiger partial charge in [0.25, 0.3) is 0 Å². The molecule has 0 atom stereocenters. The quantitative estimate of drug-likeness (QED) is 0.564. The van der Waals surface area contributed by atoms with Gasteiger partial charge in [0.2, 0.25) is 0 Å². The first-order chi connectivity index (χ1) is 5.68. The van der Waals surface area contributed by atoms with Gasteiger partial charge in [0, 0.05) is 18.6 Å². The van der Waals surface area contributed by atoms with E-state index in [0.29, 0.717) is 13.0 Å². The van der Waals surface area contributed by atoms with Crippen LogP contribution >= 0.6 is 0 Å². The minimum absolute atomic E-state index is 0.0129. The summed E-state index contributed by atoms with van der Waals surface area (Å²) in [6.45, 7) is 5.30. The van der Waals surface area contributed by atoms with Crippen molar-refractivity contribution < 1.29 is 14.9 Å². The average Bonchev–Trinajstić information content (AvgIpc) is 2.12.